The molecule has 2 aromatic rings. The second-order valence-corrected chi connectivity index (χ2v) is 4.32. The number of nitrogens with one attached hydrogen (secondary N) is 1. The summed E-state index contributed by atoms with van der Waals surface area (Å²) in [5, 5.41) is 3.66. The van der Waals surface area contributed by atoms with Crippen molar-refractivity contribution in [2.75, 3.05) is 11.1 Å². The van der Waals surface area contributed by atoms with Gasteiger partial charge in [0.15, 0.2) is 5.82 Å². The summed E-state index contributed by atoms with van der Waals surface area (Å²) in [6, 6.07) is 10.3. The van der Waals surface area contributed by atoms with E-state index in [1.807, 2.05) is 18.2 Å². The summed E-state index contributed by atoms with van der Waals surface area (Å²) in [7, 11) is 0. The molecule has 0 fully saturated rings. The van der Waals surface area contributed by atoms with Crippen LogP contribution in [0.15, 0.2) is 36.7 Å². The molecule has 18 heavy (non-hydrogen) atoms. The van der Waals surface area contributed by atoms with Crippen molar-refractivity contribution in [2.45, 2.75) is 19.4 Å². The van der Waals surface area contributed by atoms with Crippen LogP contribution < -0.4 is 11.1 Å². The first kappa shape index (κ1) is 12.6. The van der Waals surface area contributed by atoms with E-state index >= 15 is 0 Å². The van der Waals surface area contributed by atoms with Crippen LogP contribution in [0.5, 0.6) is 0 Å². The molecule has 1 atom stereocenters. The molecule has 0 bridgehead atoms. The van der Waals surface area contributed by atoms with Crippen LogP contribution in [0.3, 0.4) is 0 Å². The van der Waals surface area contributed by atoms with Crippen LogP contribution in [0, 0.1) is 0 Å². The molecule has 94 valence electrons. The third kappa shape index (κ3) is 2.71. The SMILES string of the molecule is CCC(Nc1ncnc(N)c1Cl)c1ccccc1. The third-order valence-electron chi connectivity index (χ3n) is 2.74. The molecule has 1 aromatic carbocycles. The van der Waals surface area contributed by atoms with Gasteiger partial charge in [-0.25, -0.2) is 9.97 Å². The highest BCUT2D eigenvalue weighted by atomic mass is 35.5. The molecule has 0 saturated carbocycles. The first-order chi connectivity index (χ1) is 8.72. The summed E-state index contributed by atoms with van der Waals surface area (Å²) in [5.74, 6) is 0.858. The molecule has 0 aliphatic heterocycles. The van der Waals surface area contributed by atoms with Gasteiger partial charge < -0.3 is 11.1 Å². The summed E-state index contributed by atoms with van der Waals surface area (Å²) >= 11 is 6.07. The molecular formula is C13H15ClN4. The Labute approximate surface area is 111 Å². The zero-order valence-electron chi connectivity index (χ0n) is 10.1. The lowest BCUT2D eigenvalue weighted by atomic mass is 10.0. The zero-order chi connectivity index (χ0) is 13.0. The Balaban J connectivity index is 2.24. The molecule has 1 aromatic heterocycles. The zero-order valence-corrected chi connectivity index (χ0v) is 10.9. The smallest absolute Gasteiger partial charge is 0.150 e. The largest absolute Gasteiger partial charge is 0.382 e. The van der Waals surface area contributed by atoms with E-state index in [0.29, 0.717) is 10.8 Å². The molecule has 0 amide bonds. The van der Waals surface area contributed by atoms with Gasteiger partial charge >= 0.3 is 0 Å². The molecule has 5 heteroatoms. The monoisotopic (exact) mass is 262 g/mol. The van der Waals surface area contributed by atoms with Gasteiger partial charge in [0.2, 0.25) is 0 Å². The number of aromatic nitrogens is 2. The van der Waals surface area contributed by atoms with Crippen molar-refractivity contribution in [1.29, 1.82) is 0 Å². The Bertz CT molecular complexity index is 516. The van der Waals surface area contributed by atoms with E-state index in [0.717, 1.165) is 6.42 Å². The maximum atomic E-state index is 6.07. The van der Waals surface area contributed by atoms with Crippen molar-refractivity contribution in [3.63, 3.8) is 0 Å². The molecule has 2 rings (SSSR count). The Morgan fingerprint density at radius 2 is 2.00 bits per heavy atom. The van der Waals surface area contributed by atoms with Crippen LogP contribution in [-0.4, -0.2) is 9.97 Å². The van der Waals surface area contributed by atoms with Crippen molar-refractivity contribution in [1.82, 2.24) is 9.97 Å². The average Bonchev–Trinajstić information content (AvgIpc) is 2.41. The van der Waals surface area contributed by atoms with E-state index in [1.54, 1.807) is 0 Å². The van der Waals surface area contributed by atoms with Crippen LogP contribution in [0.1, 0.15) is 24.9 Å². The summed E-state index contributed by atoms with van der Waals surface area (Å²) in [6.07, 6.45) is 2.32. The standard InChI is InChI=1S/C13H15ClN4/c1-2-10(9-6-4-3-5-7-9)18-13-11(14)12(15)16-8-17-13/h3-8,10H,2H2,1H3,(H3,15,16,17,18). The molecule has 3 N–H and O–H groups in total. The lowest BCUT2D eigenvalue weighted by Crippen LogP contribution is -2.12. The Morgan fingerprint density at radius 3 is 2.67 bits per heavy atom. The van der Waals surface area contributed by atoms with Crippen LogP contribution in [0.4, 0.5) is 11.6 Å². The summed E-state index contributed by atoms with van der Waals surface area (Å²) < 4.78 is 0. The minimum absolute atomic E-state index is 0.151. The number of hydrogen-bond donors (Lipinski definition) is 2. The van der Waals surface area contributed by atoms with Gasteiger partial charge in [-0.1, -0.05) is 48.9 Å². The van der Waals surface area contributed by atoms with E-state index in [2.05, 4.69) is 34.3 Å². The molecular weight excluding hydrogens is 248 g/mol. The van der Waals surface area contributed by atoms with E-state index in [9.17, 15) is 0 Å². The van der Waals surface area contributed by atoms with E-state index in [4.69, 9.17) is 17.3 Å². The number of halogens is 1. The number of benzene rings is 1. The maximum Gasteiger partial charge on any atom is 0.150 e. The van der Waals surface area contributed by atoms with Crippen LogP contribution in [0.25, 0.3) is 0 Å². The normalized spacial score (nSPS) is 12.1. The van der Waals surface area contributed by atoms with Gasteiger partial charge in [0.1, 0.15) is 17.2 Å². The molecule has 0 aliphatic rings. The number of rotatable bonds is 4. The van der Waals surface area contributed by atoms with Gasteiger partial charge in [0.25, 0.3) is 0 Å². The Hall–Kier alpha value is -1.81. The van der Waals surface area contributed by atoms with E-state index in [-0.39, 0.29) is 11.9 Å². The van der Waals surface area contributed by atoms with Crippen molar-refractivity contribution < 1.29 is 0 Å². The van der Waals surface area contributed by atoms with Gasteiger partial charge in [-0.05, 0) is 12.0 Å². The number of hydrogen-bond acceptors (Lipinski definition) is 4. The lowest BCUT2D eigenvalue weighted by Gasteiger charge is -2.18. The number of anilines is 2. The third-order valence-corrected chi connectivity index (χ3v) is 3.11. The fourth-order valence-corrected chi connectivity index (χ4v) is 1.91. The fraction of sp³-hybridized carbons (Fsp3) is 0.231. The van der Waals surface area contributed by atoms with Crippen molar-refractivity contribution >= 4 is 23.2 Å². The summed E-state index contributed by atoms with van der Waals surface area (Å²) in [5.41, 5.74) is 6.84. The number of nitrogen functional groups attached to an aromatic ring is 1. The summed E-state index contributed by atoms with van der Waals surface area (Å²) in [4.78, 5) is 7.96. The van der Waals surface area contributed by atoms with Gasteiger partial charge in [0, 0.05) is 0 Å². The highest BCUT2D eigenvalue weighted by Crippen LogP contribution is 2.28. The van der Waals surface area contributed by atoms with Gasteiger partial charge in [-0.2, -0.15) is 0 Å². The second-order valence-electron chi connectivity index (χ2n) is 3.94. The predicted molar refractivity (Wildman–Crippen MR) is 74.6 cm³/mol. The maximum absolute atomic E-state index is 6.07. The number of nitrogens with zero attached hydrogens (tertiary/aromatic N) is 2. The topological polar surface area (TPSA) is 63.8 Å². The first-order valence-electron chi connectivity index (χ1n) is 5.79. The predicted octanol–water partition coefficient (Wildman–Crippen LogP) is 3.28. The van der Waals surface area contributed by atoms with Crippen molar-refractivity contribution in [2.24, 2.45) is 0 Å². The molecule has 4 nitrogen and oxygen atoms in total. The first-order valence-corrected chi connectivity index (χ1v) is 6.17. The highest BCUT2D eigenvalue weighted by Gasteiger charge is 2.13. The highest BCUT2D eigenvalue weighted by molar-refractivity contribution is 6.35. The van der Waals surface area contributed by atoms with Crippen LogP contribution in [0.2, 0.25) is 5.02 Å². The van der Waals surface area contributed by atoms with Crippen molar-refractivity contribution in [3.05, 3.63) is 47.2 Å². The molecule has 1 heterocycles. The molecule has 0 aliphatic carbocycles. The minimum Gasteiger partial charge on any atom is -0.382 e. The average molecular weight is 263 g/mol. The van der Waals surface area contributed by atoms with Gasteiger partial charge in [0.05, 0.1) is 6.04 Å². The molecule has 0 radical (unpaired) electrons. The summed E-state index contributed by atoms with van der Waals surface area (Å²) in [6.45, 7) is 2.10. The van der Waals surface area contributed by atoms with Crippen molar-refractivity contribution in [3.8, 4) is 0 Å². The van der Waals surface area contributed by atoms with Crippen LogP contribution >= 0.6 is 11.6 Å². The quantitative estimate of drug-likeness (QED) is 0.888. The fourth-order valence-electron chi connectivity index (χ4n) is 1.76. The molecule has 1 unspecified atom stereocenters. The minimum atomic E-state index is 0.151. The Kier molecular flexibility index (Phi) is 3.99. The lowest BCUT2D eigenvalue weighted by molar-refractivity contribution is 0.744. The van der Waals surface area contributed by atoms with E-state index in [1.165, 1.54) is 11.9 Å². The van der Waals surface area contributed by atoms with Gasteiger partial charge in [-0.3, -0.25) is 0 Å². The number of nitrogens with two attached hydrogens (primary N) is 1. The molecule has 0 spiro atoms. The van der Waals surface area contributed by atoms with E-state index < -0.39 is 0 Å². The van der Waals surface area contributed by atoms with Gasteiger partial charge in [-0.15, -0.1) is 0 Å². The Morgan fingerprint density at radius 1 is 1.28 bits per heavy atom. The van der Waals surface area contributed by atoms with Crippen LogP contribution in [-0.2, 0) is 0 Å². The second kappa shape index (κ2) is 5.69. The molecule has 0 saturated heterocycles.